The summed E-state index contributed by atoms with van der Waals surface area (Å²) in [6, 6.07) is 5.63. The smallest absolute Gasteiger partial charge is 0.249 e. The lowest BCUT2D eigenvalue weighted by Gasteiger charge is -1.98. The molecule has 13 heavy (non-hydrogen) atoms. The molecule has 1 aromatic carbocycles. The van der Waals surface area contributed by atoms with Crippen molar-refractivity contribution in [3.05, 3.63) is 34.7 Å². The molecule has 3 heteroatoms. The van der Waals surface area contributed by atoms with Crippen molar-refractivity contribution in [2.24, 2.45) is 5.73 Å². The van der Waals surface area contributed by atoms with Crippen LogP contribution in [0.25, 0.3) is 10.1 Å². The summed E-state index contributed by atoms with van der Waals surface area (Å²) in [5, 5.41) is 3.04. The molecule has 2 N–H and O–H groups in total. The molecular weight excluding hydrogens is 182 g/mol. The Labute approximate surface area is 80.0 Å². The molecule has 0 saturated heterocycles. The van der Waals surface area contributed by atoms with Crippen LogP contribution in [0.3, 0.4) is 0 Å². The second-order valence-electron chi connectivity index (χ2n) is 2.96. The van der Waals surface area contributed by atoms with E-state index in [4.69, 9.17) is 5.73 Å². The van der Waals surface area contributed by atoms with Gasteiger partial charge < -0.3 is 5.73 Å². The van der Waals surface area contributed by atoms with Gasteiger partial charge >= 0.3 is 0 Å². The van der Waals surface area contributed by atoms with Crippen molar-refractivity contribution in [3.8, 4) is 0 Å². The van der Waals surface area contributed by atoms with Crippen molar-refractivity contribution < 1.29 is 4.79 Å². The fourth-order valence-electron chi connectivity index (χ4n) is 1.45. The van der Waals surface area contributed by atoms with Gasteiger partial charge in [-0.3, -0.25) is 4.79 Å². The van der Waals surface area contributed by atoms with Crippen molar-refractivity contribution in [1.82, 2.24) is 0 Å². The molecule has 1 heterocycles. The van der Waals surface area contributed by atoms with E-state index < -0.39 is 0 Å². The molecule has 0 fully saturated rings. The molecule has 66 valence electrons. The van der Waals surface area contributed by atoms with Crippen LogP contribution in [0.15, 0.2) is 23.6 Å². The maximum atomic E-state index is 11.1. The summed E-state index contributed by atoms with van der Waals surface area (Å²) in [6.07, 6.45) is 0. The minimum atomic E-state index is -0.355. The summed E-state index contributed by atoms with van der Waals surface area (Å²) in [4.78, 5) is 11.1. The molecule has 2 rings (SSSR count). The summed E-state index contributed by atoms with van der Waals surface area (Å²) in [5.41, 5.74) is 7.01. The van der Waals surface area contributed by atoms with Crippen LogP contribution in [0.4, 0.5) is 0 Å². The Bertz CT molecular complexity index is 473. The van der Waals surface area contributed by atoms with Crippen molar-refractivity contribution in [2.75, 3.05) is 0 Å². The minimum absolute atomic E-state index is 0.355. The Morgan fingerprint density at radius 3 is 2.92 bits per heavy atom. The van der Waals surface area contributed by atoms with Crippen LogP contribution in [0.1, 0.15) is 15.9 Å². The van der Waals surface area contributed by atoms with Crippen LogP contribution in [0, 0.1) is 6.92 Å². The number of carbonyl (C=O) groups excluding carboxylic acids is 1. The number of thiophene rings is 1. The van der Waals surface area contributed by atoms with Gasteiger partial charge in [0.15, 0.2) is 0 Å². The molecule has 0 atom stereocenters. The van der Waals surface area contributed by atoms with Gasteiger partial charge in [0.1, 0.15) is 0 Å². The van der Waals surface area contributed by atoms with E-state index in [-0.39, 0.29) is 5.91 Å². The van der Waals surface area contributed by atoms with E-state index in [2.05, 4.69) is 0 Å². The fourth-order valence-corrected chi connectivity index (χ4v) is 2.42. The average Bonchev–Trinajstić information content (AvgIpc) is 2.48. The fraction of sp³-hybridized carbons (Fsp3) is 0.100. The largest absolute Gasteiger partial charge is 0.366 e. The van der Waals surface area contributed by atoms with Gasteiger partial charge in [0.05, 0.1) is 0 Å². The van der Waals surface area contributed by atoms with E-state index in [1.54, 1.807) is 17.4 Å². The first-order valence-corrected chi connectivity index (χ1v) is 4.84. The number of hydrogen-bond acceptors (Lipinski definition) is 2. The summed E-state index contributed by atoms with van der Waals surface area (Å²) < 4.78 is 1.12. The van der Waals surface area contributed by atoms with E-state index in [1.807, 2.05) is 24.4 Å². The first kappa shape index (κ1) is 8.26. The number of hydrogen-bond donors (Lipinski definition) is 1. The van der Waals surface area contributed by atoms with Gasteiger partial charge in [-0.2, -0.15) is 0 Å². The van der Waals surface area contributed by atoms with Gasteiger partial charge in [-0.25, -0.2) is 0 Å². The van der Waals surface area contributed by atoms with Crippen molar-refractivity contribution >= 4 is 27.3 Å². The Hall–Kier alpha value is -1.35. The maximum Gasteiger partial charge on any atom is 0.249 e. The monoisotopic (exact) mass is 191 g/mol. The molecule has 0 unspecified atom stereocenters. The quantitative estimate of drug-likeness (QED) is 0.738. The molecule has 1 amide bonds. The molecule has 0 aliphatic rings. The van der Waals surface area contributed by atoms with Crippen LogP contribution in [0.5, 0.6) is 0 Å². The lowest BCUT2D eigenvalue weighted by atomic mass is 10.1. The van der Waals surface area contributed by atoms with Gasteiger partial charge in [-0.1, -0.05) is 6.07 Å². The number of nitrogens with two attached hydrogens (primary N) is 1. The highest BCUT2D eigenvalue weighted by Gasteiger charge is 2.08. The number of carbonyl (C=O) groups is 1. The molecule has 2 nitrogen and oxygen atoms in total. The normalized spacial score (nSPS) is 10.5. The number of rotatable bonds is 1. The molecule has 0 spiro atoms. The van der Waals surface area contributed by atoms with Crippen LogP contribution in [-0.2, 0) is 0 Å². The summed E-state index contributed by atoms with van der Waals surface area (Å²) in [7, 11) is 0. The molecule has 0 aliphatic carbocycles. The molecular formula is C10H9NOS. The van der Waals surface area contributed by atoms with Gasteiger partial charge in [0.25, 0.3) is 0 Å². The standard InChI is InChI=1S/C10H9NOS/c1-6-5-13-8-4-2-3-7(9(6)8)10(11)12/h2-5H,1H3,(H2,11,12). The molecule has 1 aromatic heterocycles. The Morgan fingerprint density at radius 2 is 2.23 bits per heavy atom. The first-order chi connectivity index (χ1) is 6.20. The topological polar surface area (TPSA) is 43.1 Å². The number of fused-ring (bicyclic) bond motifs is 1. The van der Waals surface area contributed by atoms with Crippen LogP contribution in [0.2, 0.25) is 0 Å². The first-order valence-electron chi connectivity index (χ1n) is 3.97. The third-order valence-corrected chi connectivity index (χ3v) is 3.11. The molecule has 0 saturated carbocycles. The van der Waals surface area contributed by atoms with Crippen LogP contribution in [-0.4, -0.2) is 5.91 Å². The highest BCUT2D eigenvalue weighted by Crippen LogP contribution is 2.27. The predicted molar refractivity (Wildman–Crippen MR) is 55.1 cm³/mol. The van der Waals surface area contributed by atoms with Crippen molar-refractivity contribution in [2.45, 2.75) is 6.92 Å². The number of amides is 1. The van der Waals surface area contributed by atoms with Crippen molar-refractivity contribution in [1.29, 1.82) is 0 Å². The van der Waals surface area contributed by atoms with Gasteiger partial charge in [-0.15, -0.1) is 11.3 Å². The van der Waals surface area contributed by atoms with Crippen LogP contribution < -0.4 is 5.73 Å². The van der Waals surface area contributed by atoms with Gasteiger partial charge in [0.2, 0.25) is 5.91 Å². The van der Waals surface area contributed by atoms with E-state index >= 15 is 0 Å². The minimum Gasteiger partial charge on any atom is -0.366 e. The Morgan fingerprint density at radius 1 is 1.46 bits per heavy atom. The second kappa shape index (κ2) is 2.85. The third-order valence-electron chi connectivity index (χ3n) is 2.05. The number of aryl methyl sites for hydroxylation is 1. The second-order valence-corrected chi connectivity index (χ2v) is 3.87. The zero-order chi connectivity index (χ0) is 9.42. The SMILES string of the molecule is Cc1csc2cccc(C(N)=O)c12. The molecule has 0 bridgehead atoms. The van der Waals surface area contributed by atoms with E-state index in [0.717, 1.165) is 15.6 Å². The Kier molecular flexibility index (Phi) is 1.81. The Balaban J connectivity index is 2.88. The maximum absolute atomic E-state index is 11.1. The van der Waals surface area contributed by atoms with E-state index in [0.29, 0.717) is 5.56 Å². The van der Waals surface area contributed by atoms with E-state index in [1.165, 1.54) is 0 Å². The van der Waals surface area contributed by atoms with Crippen LogP contribution >= 0.6 is 11.3 Å². The lowest BCUT2D eigenvalue weighted by Crippen LogP contribution is -2.11. The predicted octanol–water partition coefficient (Wildman–Crippen LogP) is 2.31. The highest BCUT2D eigenvalue weighted by molar-refractivity contribution is 7.17. The molecule has 0 aliphatic heterocycles. The summed E-state index contributed by atoms with van der Waals surface area (Å²) in [6.45, 7) is 1.99. The summed E-state index contributed by atoms with van der Waals surface area (Å²) in [5.74, 6) is -0.355. The zero-order valence-electron chi connectivity index (χ0n) is 7.20. The third kappa shape index (κ3) is 1.21. The van der Waals surface area contributed by atoms with Gasteiger partial charge in [-0.05, 0) is 30.0 Å². The lowest BCUT2D eigenvalue weighted by molar-refractivity contribution is 0.100. The van der Waals surface area contributed by atoms with Gasteiger partial charge in [0, 0.05) is 15.6 Å². The molecule has 0 radical (unpaired) electrons. The van der Waals surface area contributed by atoms with Crippen molar-refractivity contribution in [3.63, 3.8) is 0 Å². The zero-order valence-corrected chi connectivity index (χ0v) is 8.02. The summed E-state index contributed by atoms with van der Waals surface area (Å²) >= 11 is 1.64. The molecule has 2 aromatic rings. The number of benzene rings is 1. The highest BCUT2D eigenvalue weighted by atomic mass is 32.1. The van der Waals surface area contributed by atoms with E-state index in [9.17, 15) is 4.79 Å². The number of primary amides is 1. The average molecular weight is 191 g/mol.